The number of methoxy groups -OCH3 is 1. The third-order valence-electron chi connectivity index (χ3n) is 3.02. The second-order valence-electron chi connectivity index (χ2n) is 4.66. The maximum Gasteiger partial charge on any atom is 0.158 e. The lowest BCUT2D eigenvalue weighted by molar-refractivity contribution is 0.128. The predicted molar refractivity (Wildman–Crippen MR) is 85.9 cm³/mol. The van der Waals surface area contributed by atoms with Crippen LogP contribution in [0.4, 0.5) is 11.6 Å². The first-order chi connectivity index (χ1) is 10.2. The van der Waals surface area contributed by atoms with Gasteiger partial charge in [0.15, 0.2) is 5.82 Å². The lowest BCUT2D eigenvalue weighted by Crippen LogP contribution is -2.28. The van der Waals surface area contributed by atoms with Gasteiger partial charge in [-0.05, 0) is 20.3 Å². The van der Waals surface area contributed by atoms with E-state index >= 15 is 0 Å². The van der Waals surface area contributed by atoms with Gasteiger partial charge < -0.3 is 19.7 Å². The molecule has 0 unspecified atom stereocenters. The molecular weight excluding hydrogens is 268 g/mol. The van der Waals surface area contributed by atoms with Crippen LogP contribution in [0, 0.1) is 0 Å². The van der Waals surface area contributed by atoms with E-state index in [0.29, 0.717) is 25.6 Å². The van der Waals surface area contributed by atoms with Gasteiger partial charge in [-0.3, -0.25) is 0 Å². The fourth-order valence-electron chi connectivity index (χ4n) is 1.88. The van der Waals surface area contributed by atoms with Crippen molar-refractivity contribution < 1.29 is 9.47 Å². The van der Waals surface area contributed by atoms with Crippen molar-refractivity contribution in [2.24, 2.45) is 0 Å². The predicted octanol–water partition coefficient (Wildman–Crippen LogP) is 2.31. The van der Waals surface area contributed by atoms with Crippen molar-refractivity contribution in [1.82, 2.24) is 9.97 Å². The first kappa shape index (κ1) is 17.7. The highest BCUT2D eigenvalue weighted by Gasteiger charge is 2.10. The van der Waals surface area contributed by atoms with Gasteiger partial charge in [0.2, 0.25) is 0 Å². The Balaban J connectivity index is 2.92. The number of rotatable bonds is 11. The summed E-state index contributed by atoms with van der Waals surface area (Å²) in [6, 6.07) is 1.99. The van der Waals surface area contributed by atoms with E-state index in [2.05, 4.69) is 34.0 Å². The molecule has 0 amide bonds. The second-order valence-corrected chi connectivity index (χ2v) is 4.66. The zero-order valence-corrected chi connectivity index (χ0v) is 13.7. The molecule has 0 atom stereocenters. The molecule has 1 aromatic rings. The lowest BCUT2D eigenvalue weighted by atomic mass is 10.4. The van der Waals surface area contributed by atoms with Crippen molar-refractivity contribution in [2.45, 2.75) is 33.8 Å². The van der Waals surface area contributed by atoms with Gasteiger partial charge in [-0.2, -0.15) is 0 Å². The Kier molecular flexibility index (Phi) is 8.69. The summed E-state index contributed by atoms with van der Waals surface area (Å²) in [5.41, 5.74) is 0. The average Bonchev–Trinajstić information content (AvgIpc) is 2.51. The van der Waals surface area contributed by atoms with Gasteiger partial charge in [-0.25, -0.2) is 9.97 Å². The smallest absolute Gasteiger partial charge is 0.158 e. The molecule has 0 saturated carbocycles. The van der Waals surface area contributed by atoms with Crippen LogP contribution in [0.2, 0.25) is 0 Å². The van der Waals surface area contributed by atoms with Crippen molar-refractivity contribution in [3.8, 4) is 0 Å². The van der Waals surface area contributed by atoms with E-state index in [4.69, 9.17) is 9.47 Å². The molecule has 0 aliphatic carbocycles. The van der Waals surface area contributed by atoms with Crippen LogP contribution < -0.4 is 10.2 Å². The van der Waals surface area contributed by atoms with Gasteiger partial charge in [0.1, 0.15) is 18.2 Å². The summed E-state index contributed by atoms with van der Waals surface area (Å²) >= 11 is 0. The third-order valence-corrected chi connectivity index (χ3v) is 3.02. The average molecular weight is 296 g/mol. The highest BCUT2D eigenvalue weighted by Crippen LogP contribution is 2.16. The number of hydrogen-bond donors (Lipinski definition) is 1. The molecule has 0 fully saturated rings. The van der Waals surface area contributed by atoms with E-state index < -0.39 is 0 Å². The summed E-state index contributed by atoms with van der Waals surface area (Å²) in [7, 11) is 1.71. The maximum absolute atomic E-state index is 5.43. The van der Waals surface area contributed by atoms with Gasteiger partial charge >= 0.3 is 0 Å². The van der Waals surface area contributed by atoms with Crippen molar-refractivity contribution in [3.63, 3.8) is 0 Å². The molecule has 0 radical (unpaired) electrons. The van der Waals surface area contributed by atoms with Gasteiger partial charge in [-0.1, -0.05) is 6.92 Å². The fraction of sp³-hybridized carbons (Fsp3) is 0.733. The van der Waals surface area contributed by atoms with Crippen LogP contribution in [0.3, 0.4) is 0 Å². The topological polar surface area (TPSA) is 59.5 Å². The summed E-state index contributed by atoms with van der Waals surface area (Å²) < 4.78 is 10.6. The van der Waals surface area contributed by atoms with Crippen molar-refractivity contribution in [3.05, 3.63) is 11.9 Å². The molecule has 0 aliphatic rings. The van der Waals surface area contributed by atoms with Crippen LogP contribution in [0.15, 0.2) is 6.07 Å². The zero-order chi connectivity index (χ0) is 15.5. The van der Waals surface area contributed by atoms with Crippen LogP contribution in [-0.4, -0.2) is 49.9 Å². The van der Waals surface area contributed by atoms with E-state index in [1.165, 1.54) is 0 Å². The Morgan fingerprint density at radius 2 is 2.05 bits per heavy atom. The number of aromatic nitrogens is 2. The zero-order valence-electron chi connectivity index (χ0n) is 13.7. The highest BCUT2D eigenvalue weighted by atomic mass is 16.5. The van der Waals surface area contributed by atoms with Crippen LogP contribution in [0.5, 0.6) is 0 Å². The lowest BCUT2D eigenvalue weighted by Gasteiger charge is -2.22. The van der Waals surface area contributed by atoms with Gasteiger partial charge in [0.05, 0.1) is 6.61 Å². The normalized spacial score (nSPS) is 10.7. The van der Waals surface area contributed by atoms with Crippen molar-refractivity contribution >= 4 is 11.6 Å². The molecule has 21 heavy (non-hydrogen) atoms. The molecule has 0 bridgehead atoms. The summed E-state index contributed by atoms with van der Waals surface area (Å²) in [5.74, 6) is 2.48. The molecule has 1 heterocycles. The first-order valence-electron chi connectivity index (χ1n) is 7.68. The number of likely N-dealkylation sites (N-methyl/N-ethyl adjacent to an activating group) is 1. The highest BCUT2D eigenvalue weighted by molar-refractivity contribution is 5.49. The van der Waals surface area contributed by atoms with E-state index in [9.17, 15) is 0 Å². The monoisotopic (exact) mass is 296 g/mol. The van der Waals surface area contributed by atoms with Gasteiger partial charge in [0, 0.05) is 39.4 Å². The Morgan fingerprint density at radius 3 is 2.67 bits per heavy atom. The molecule has 6 nitrogen and oxygen atoms in total. The Bertz CT molecular complexity index is 375. The first-order valence-corrected chi connectivity index (χ1v) is 7.68. The number of anilines is 2. The third kappa shape index (κ3) is 6.27. The molecule has 6 heteroatoms. The molecule has 0 spiro atoms. The van der Waals surface area contributed by atoms with E-state index in [0.717, 1.165) is 37.7 Å². The number of nitrogens with zero attached hydrogens (tertiary/aromatic N) is 3. The van der Waals surface area contributed by atoms with E-state index in [1.54, 1.807) is 7.11 Å². The number of ether oxygens (including phenoxy) is 2. The Hall–Kier alpha value is -1.40. The molecule has 0 aromatic carbocycles. The molecular formula is C15H28N4O2. The van der Waals surface area contributed by atoms with Gasteiger partial charge in [-0.15, -0.1) is 0 Å². The fourth-order valence-corrected chi connectivity index (χ4v) is 1.88. The Labute approximate surface area is 127 Å². The standard InChI is InChI=1S/C15H28N4O2/c1-5-8-16-13-11-15(19(6-2)9-10-20-4)18-14(17-13)12-21-7-3/h11H,5-10,12H2,1-4H3,(H,16,17,18). The van der Waals surface area contributed by atoms with Crippen LogP contribution in [-0.2, 0) is 16.1 Å². The largest absolute Gasteiger partial charge is 0.383 e. The SMILES string of the molecule is CCCNc1cc(N(CC)CCOC)nc(COCC)n1. The number of nitrogens with one attached hydrogen (secondary N) is 1. The summed E-state index contributed by atoms with van der Waals surface area (Å²) in [5, 5.41) is 3.32. The van der Waals surface area contributed by atoms with E-state index in [1.807, 2.05) is 13.0 Å². The van der Waals surface area contributed by atoms with Gasteiger partial charge in [0.25, 0.3) is 0 Å². The van der Waals surface area contributed by atoms with E-state index in [-0.39, 0.29) is 0 Å². The second kappa shape index (κ2) is 10.3. The van der Waals surface area contributed by atoms with Crippen molar-refractivity contribution in [1.29, 1.82) is 0 Å². The summed E-state index contributed by atoms with van der Waals surface area (Å²) in [4.78, 5) is 11.3. The van der Waals surface area contributed by atoms with Crippen LogP contribution in [0.1, 0.15) is 33.0 Å². The maximum atomic E-state index is 5.43. The molecule has 0 saturated heterocycles. The van der Waals surface area contributed by atoms with Crippen LogP contribution in [0.25, 0.3) is 0 Å². The molecule has 1 rings (SSSR count). The molecule has 120 valence electrons. The molecule has 1 N–H and O–H groups in total. The summed E-state index contributed by atoms with van der Waals surface area (Å²) in [6.07, 6.45) is 1.06. The quantitative estimate of drug-likeness (QED) is 0.676. The number of hydrogen-bond acceptors (Lipinski definition) is 6. The summed E-state index contributed by atoms with van der Waals surface area (Å²) in [6.45, 7) is 10.6. The van der Waals surface area contributed by atoms with Crippen LogP contribution >= 0.6 is 0 Å². The molecule has 0 aliphatic heterocycles. The minimum absolute atomic E-state index is 0.437. The minimum atomic E-state index is 0.437. The molecule has 1 aromatic heterocycles. The van der Waals surface area contributed by atoms with Crippen molar-refractivity contribution in [2.75, 3.05) is 50.2 Å². The minimum Gasteiger partial charge on any atom is -0.383 e. The Morgan fingerprint density at radius 1 is 1.24 bits per heavy atom.